The van der Waals surface area contributed by atoms with Crippen molar-refractivity contribution < 1.29 is 14.3 Å². The van der Waals surface area contributed by atoms with Crippen molar-refractivity contribution in [2.45, 2.75) is 18.8 Å². The number of H-pyrrole nitrogens is 1. The summed E-state index contributed by atoms with van der Waals surface area (Å²) in [4.78, 5) is 18.5. The molecule has 0 aliphatic carbocycles. The third-order valence-corrected chi connectivity index (χ3v) is 5.62. The molecule has 3 aromatic rings. The largest absolute Gasteiger partial charge is 0.493 e. The number of fused-ring (bicyclic) bond motifs is 1. The fourth-order valence-corrected chi connectivity index (χ4v) is 4.09. The lowest BCUT2D eigenvalue weighted by atomic mass is 9.94. The monoisotopic (exact) mass is 398 g/mol. The maximum atomic E-state index is 13.1. The molecule has 2 aromatic carbocycles. The van der Waals surface area contributed by atoms with Gasteiger partial charge in [0.25, 0.3) is 5.91 Å². The van der Waals surface area contributed by atoms with Gasteiger partial charge in [-0.05, 0) is 55.3 Å². The minimum Gasteiger partial charge on any atom is -0.493 e. The average Bonchev–Trinajstić information content (AvgIpc) is 3.16. The second kappa shape index (κ2) is 7.76. The second-order valence-electron chi connectivity index (χ2n) is 7.12. The van der Waals surface area contributed by atoms with E-state index in [1.165, 1.54) is 0 Å². The first-order valence-corrected chi connectivity index (χ1v) is 9.76. The lowest BCUT2D eigenvalue weighted by Gasteiger charge is -2.32. The van der Waals surface area contributed by atoms with Gasteiger partial charge in [0.05, 0.1) is 14.2 Å². The number of aromatic amines is 1. The number of hydrogen-bond donors (Lipinski definition) is 1. The Bertz CT molecular complexity index is 1010. The third kappa shape index (κ3) is 3.54. The van der Waals surface area contributed by atoms with Gasteiger partial charge >= 0.3 is 0 Å². The van der Waals surface area contributed by atoms with Gasteiger partial charge in [-0.25, -0.2) is 0 Å². The first kappa shape index (κ1) is 18.7. The number of amides is 1. The van der Waals surface area contributed by atoms with E-state index in [9.17, 15) is 4.79 Å². The summed E-state index contributed by atoms with van der Waals surface area (Å²) < 4.78 is 10.6. The van der Waals surface area contributed by atoms with Crippen molar-refractivity contribution in [3.8, 4) is 11.5 Å². The zero-order chi connectivity index (χ0) is 19.7. The van der Waals surface area contributed by atoms with Crippen LogP contribution < -0.4 is 9.47 Å². The summed E-state index contributed by atoms with van der Waals surface area (Å²) in [5, 5.41) is 1.83. The molecule has 1 aromatic heterocycles. The molecule has 5 nitrogen and oxygen atoms in total. The molecular weight excluding hydrogens is 376 g/mol. The minimum atomic E-state index is 0.0183. The van der Waals surface area contributed by atoms with E-state index < -0.39 is 0 Å². The number of likely N-dealkylation sites (tertiary alicyclic amines) is 1. The van der Waals surface area contributed by atoms with Gasteiger partial charge in [0.2, 0.25) is 0 Å². The molecule has 1 aliphatic rings. The Kier molecular flexibility index (Phi) is 5.18. The van der Waals surface area contributed by atoms with E-state index in [1.54, 1.807) is 32.4 Å². The highest BCUT2D eigenvalue weighted by molar-refractivity contribution is 6.31. The second-order valence-corrected chi connectivity index (χ2v) is 7.55. The summed E-state index contributed by atoms with van der Waals surface area (Å²) in [5.74, 6) is 1.48. The number of nitrogens with zero attached hydrogens (tertiary/aromatic N) is 1. The van der Waals surface area contributed by atoms with Gasteiger partial charge in [-0.15, -0.1) is 0 Å². The molecule has 0 saturated carbocycles. The van der Waals surface area contributed by atoms with Crippen LogP contribution in [-0.4, -0.2) is 43.1 Å². The van der Waals surface area contributed by atoms with Crippen molar-refractivity contribution in [2.75, 3.05) is 27.3 Å². The summed E-state index contributed by atoms with van der Waals surface area (Å²) in [5.41, 5.74) is 2.84. The van der Waals surface area contributed by atoms with Crippen LogP contribution in [0, 0.1) is 0 Å². The van der Waals surface area contributed by atoms with E-state index >= 15 is 0 Å². The molecule has 4 rings (SSSR count). The number of piperidine rings is 1. The fourth-order valence-electron chi connectivity index (χ4n) is 3.91. The number of halogens is 1. The Labute approximate surface area is 169 Å². The van der Waals surface area contributed by atoms with Crippen molar-refractivity contribution in [3.63, 3.8) is 0 Å². The van der Waals surface area contributed by atoms with Crippen LogP contribution in [0.2, 0.25) is 5.02 Å². The van der Waals surface area contributed by atoms with Crippen molar-refractivity contribution in [1.82, 2.24) is 9.88 Å². The van der Waals surface area contributed by atoms with Gasteiger partial charge in [-0.1, -0.05) is 11.6 Å². The summed E-state index contributed by atoms with van der Waals surface area (Å²) in [6.45, 7) is 1.45. The van der Waals surface area contributed by atoms with Crippen LogP contribution in [-0.2, 0) is 0 Å². The molecule has 1 N–H and O–H groups in total. The van der Waals surface area contributed by atoms with E-state index in [4.69, 9.17) is 21.1 Å². The summed E-state index contributed by atoms with van der Waals surface area (Å²) >= 11 is 6.11. The number of hydrogen-bond acceptors (Lipinski definition) is 3. The highest BCUT2D eigenvalue weighted by Gasteiger charge is 2.27. The molecule has 28 heavy (non-hydrogen) atoms. The standard InChI is InChI=1S/C22H23ClN2O3/c1-27-20-8-5-14(12-21(20)28-2)22(26)25-9-3-4-15(13-25)19-11-16-10-17(23)6-7-18(16)24-19/h5-8,10-12,15,24H,3-4,9,13H2,1-2H3. The smallest absolute Gasteiger partial charge is 0.254 e. The van der Waals surface area contributed by atoms with E-state index in [2.05, 4.69) is 11.1 Å². The van der Waals surface area contributed by atoms with Crippen LogP contribution >= 0.6 is 11.6 Å². The molecule has 1 aliphatic heterocycles. The van der Waals surface area contributed by atoms with Crippen LogP contribution in [0.4, 0.5) is 0 Å². The quantitative estimate of drug-likeness (QED) is 0.682. The molecule has 6 heteroatoms. The number of benzene rings is 2. The number of methoxy groups -OCH3 is 2. The molecule has 1 saturated heterocycles. The molecule has 2 heterocycles. The zero-order valence-electron chi connectivity index (χ0n) is 16.0. The lowest BCUT2D eigenvalue weighted by Crippen LogP contribution is -2.39. The zero-order valence-corrected chi connectivity index (χ0v) is 16.8. The van der Waals surface area contributed by atoms with E-state index in [0.717, 1.165) is 41.0 Å². The Hall–Kier alpha value is -2.66. The highest BCUT2D eigenvalue weighted by Crippen LogP contribution is 2.32. The first-order valence-electron chi connectivity index (χ1n) is 9.38. The number of carbonyl (C=O) groups excluding carboxylic acids is 1. The highest BCUT2D eigenvalue weighted by atomic mass is 35.5. The maximum absolute atomic E-state index is 13.1. The molecule has 0 bridgehead atoms. The number of carbonyl (C=O) groups is 1. The van der Waals surface area contributed by atoms with E-state index in [0.29, 0.717) is 23.6 Å². The molecule has 0 radical (unpaired) electrons. The van der Waals surface area contributed by atoms with E-state index in [-0.39, 0.29) is 11.8 Å². The van der Waals surface area contributed by atoms with Gasteiger partial charge in [0.1, 0.15) is 0 Å². The molecule has 1 amide bonds. The fraction of sp³-hybridized carbons (Fsp3) is 0.318. The van der Waals surface area contributed by atoms with Gasteiger partial charge in [0, 0.05) is 46.2 Å². The summed E-state index contributed by atoms with van der Waals surface area (Å²) in [6.07, 6.45) is 2.02. The van der Waals surface area contributed by atoms with Crippen LogP contribution in [0.3, 0.4) is 0 Å². The van der Waals surface area contributed by atoms with Crippen molar-refractivity contribution in [2.24, 2.45) is 0 Å². The van der Waals surface area contributed by atoms with Crippen molar-refractivity contribution >= 4 is 28.4 Å². The molecule has 146 valence electrons. The van der Waals surface area contributed by atoms with Crippen LogP contribution in [0.25, 0.3) is 10.9 Å². The summed E-state index contributed by atoms with van der Waals surface area (Å²) in [6, 6.07) is 13.3. The average molecular weight is 399 g/mol. The van der Waals surface area contributed by atoms with Crippen LogP contribution in [0.15, 0.2) is 42.5 Å². The lowest BCUT2D eigenvalue weighted by molar-refractivity contribution is 0.0705. The van der Waals surface area contributed by atoms with Crippen molar-refractivity contribution in [1.29, 1.82) is 0 Å². The van der Waals surface area contributed by atoms with Gasteiger partial charge < -0.3 is 19.4 Å². The first-order chi connectivity index (χ1) is 13.6. The van der Waals surface area contributed by atoms with Crippen LogP contribution in [0.1, 0.15) is 34.8 Å². The number of nitrogens with one attached hydrogen (secondary N) is 1. The Morgan fingerprint density at radius 1 is 1.11 bits per heavy atom. The van der Waals surface area contributed by atoms with Gasteiger partial charge in [0.15, 0.2) is 11.5 Å². The number of aromatic nitrogens is 1. The molecular formula is C22H23ClN2O3. The SMILES string of the molecule is COc1ccc(C(=O)N2CCCC(c3cc4cc(Cl)ccc4[nH]3)C2)cc1OC. The van der Waals surface area contributed by atoms with Gasteiger partial charge in [-0.3, -0.25) is 4.79 Å². The molecule has 1 unspecified atom stereocenters. The predicted molar refractivity (Wildman–Crippen MR) is 111 cm³/mol. The number of rotatable bonds is 4. The molecule has 1 atom stereocenters. The van der Waals surface area contributed by atoms with Crippen LogP contribution in [0.5, 0.6) is 11.5 Å². The normalized spacial score (nSPS) is 17.0. The Balaban J connectivity index is 1.55. The summed E-state index contributed by atoms with van der Waals surface area (Å²) in [7, 11) is 3.16. The molecule has 0 spiro atoms. The molecule has 1 fully saturated rings. The topological polar surface area (TPSA) is 54.6 Å². The Morgan fingerprint density at radius 2 is 1.93 bits per heavy atom. The van der Waals surface area contributed by atoms with E-state index in [1.807, 2.05) is 23.1 Å². The predicted octanol–water partition coefficient (Wildman–Crippen LogP) is 4.86. The maximum Gasteiger partial charge on any atom is 0.254 e. The Morgan fingerprint density at radius 3 is 2.71 bits per heavy atom. The number of ether oxygens (including phenoxy) is 2. The minimum absolute atomic E-state index is 0.0183. The van der Waals surface area contributed by atoms with Gasteiger partial charge in [-0.2, -0.15) is 0 Å². The van der Waals surface area contributed by atoms with Crippen molar-refractivity contribution in [3.05, 3.63) is 58.7 Å². The third-order valence-electron chi connectivity index (χ3n) is 5.38.